The molecule has 0 amide bonds. The van der Waals surface area contributed by atoms with Gasteiger partial charge >= 0.3 is 0 Å². The molecule has 0 fully saturated rings. The van der Waals surface area contributed by atoms with Gasteiger partial charge in [0.05, 0.1) is 6.33 Å². The van der Waals surface area contributed by atoms with Crippen molar-refractivity contribution in [3.63, 3.8) is 0 Å². The molecule has 0 N–H and O–H groups in total. The largest absolute Gasteiger partial charge is 0.338 e. The molecule has 0 spiro atoms. The zero-order chi connectivity index (χ0) is 7.40. The molecule has 0 atom stereocenters. The molecule has 0 aromatic carbocycles. The van der Waals surface area contributed by atoms with Gasteiger partial charge in [0.2, 0.25) is 0 Å². The van der Waals surface area contributed by atoms with Crippen LogP contribution in [0.3, 0.4) is 0 Å². The molecule has 0 radical (unpaired) electrons. The van der Waals surface area contributed by atoms with Crippen LogP contribution in [0.15, 0.2) is 17.5 Å². The Morgan fingerprint density at radius 3 is 3.10 bits per heavy atom. The van der Waals surface area contributed by atoms with Gasteiger partial charge in [0.25, 0.3) is 0 Å². The average Bonchev–Trinajstić information content (AvgIpc) is 2.31. The minimum Gasteiger partial charge on any atom is -0.338 e. The zero-order valence-electron chi connectivity index (χ0n) is 5.56. The van der Waals surface area contributed by atoms with Crippen LogP contribution in [0.1, 0.15) is 0 Å². The fourth-order valence-corrected chi connectivity index (χ4v) is 0.633. The number of imidazole rings is 1. The van der Waals surface area contributed by atoms with Gasteiger partial charge in [-0.2, -0.15) is 0 Å². The lowest BCUT2D eigenvalue weighted by Crippen LogP contribution is -1.76. The van der Waals surface area contributed by atoms with Gasteiger partial charge in [0.1, 0.15) is 0 Å². The first-order chi connectivity index (χ1) is 4.83. The van der Waals surface area contributed by atoms with Crippen molar-refractivity contribution in [2.24, 2.45) is 12.0 Å². The fraction of sp³-hybridized carbons (Fsp3) is 0.167. The molecular weight excluding hydrogens is 146 g/mol. The Morgan fingerprint density at radius 1 is 1.80 bits per heavy atom. The number of nitrogens with zero attached hydrogens (tertiary/aromatic N) is 3. The van der Waals surface area contributed by atoms with Crippen LogP contribution < -0.4 is 0 Å². The summed E-state index contributed by atoms with van der Waals surface area (Å²) < 4.78 is 1.83. The van der Waals surface area contributed by atoms with Gasteiger partial charge in [-0.25, -0.2) is 9.98 Å². The molecule has 0 saturated carbocycles. The molecule has 1 heterocycles. The minimum absolute atomic E-state index is 0.684. The van der Waals surface area contributed by atoms with Gasteiger partial charge in [-0.3, -0.25) is 0 Å². The van der Waals surface area contributed by atoms with E-state index >= 15 is 0 Å². The molecule has 3 nitrogen and oxygen atoms in total. The summed E-state index contributed by atoms with van der Waals surface area (Å²) in [6, 6.07) is 0. The van der Waals surface area contributed by atoms with E-state index in [1.807, 2.05) is 17.8 Å². The van der Waals surface area contributed by atoms with Crippen molar-refractivity contribution in [2.75, 3.05) is 0 Å². The van der Waals surface area contributed by atoms with Gasteiger partial charge in [0.15, 0.2) is 5.82 Å². The third kappa shape index (κ3) is 1.73. The minimum atomic E-state index is 0.684. The lowest BCUT2D eigenvalue weighted by molar-refractivity contribution is 0.913. The van der Waals surface area contributed by atoms with Crippen LogP contribution in [-0.4, -0.2) is 21.1 Å². The highest BCUT2D eigenvalue weighted by Crippen LogP contribution is 2.03. The highest BCUT2D eigenvalue weighted by Gasteiger charge is 1.87. The molecule has 1 aromatic rings. The van der Waals surface area contributed by atoms with Crippen LogP contribution in [0.5, 0.6) is 0 Å². The Labute approximate surface area is 64.4 Å². The Hall–Kier alpha value is -1.03. The Morgan fingerprint density at radius 2 is 2.60 bits per heavy atom. The quantitative estimate of drug-likeness (QED) is 0.471. The second-order valence-corrected chi connectivity index (χ2v) is 2.08. The van der Waals surface area contributed by atoms with E-state index in [1.165, 1.54) is 11.6 Å². The SMILES string of the molecule is Cn1cnc(/N=C/C=S)c1. The van der Waals surface area contributed by atoms with Gasteiger partial charge < -0.3 is 4.57 Å². The van der Waals surface area contributed by atoms with E-state index in [-0.39, 0.29) is 0 Å². The van der Waals surface area contributed by atoms with E-state index in [0.29, 0.717) is 5.82 Å². The molecule has 1 rings (SSSR count). The van der Waals surface area contributed by atoms with Gasteiger partial charge in [-0.1, -0.05) is 12.2 Å². The monoisotopic (exact) mass is 153 g/mol. The summed E-state index contributed by atoms with van der Waals surface area (Å²) >= 11 is 4.55. The van der Waals surface area contributed by atoms with Crippen LogP contribution >= 0.6 is 12.2 Å². The van der Waals surface area contributed by atoms with Crippen LogP contribution in [0.25, 0.3) is 0 Å². The average molecular weight is 153 g/mol. The third-order valence-corrected chi connectivity index (χ3v) is 1.08. The van der Waals surface area contributed by atoms with Crippen molar-refractivity contribution >= 4 is 29.6 Å². The van der Waals surface area contributed by atoms with Crippen LogP contribution in [0.2, 0.25) is 0 Å². The summed E-state index contributed by atoms with van der Waals surface area (Å²) in [5.41, 5.74) is 0. The van der Waals surface area contributed by atoms with Crippen LogP contribution in [0.4, 0.5) is 5.82 Å². The first kappa shape index (κ1) is 7.08. The Kier molecular flexibility index (Phi) is 2.28. The number of rotatable bonds is 2. The maximum Gasteiger partial charge on any atom is 0.169 e. The van der Waals surface area contributed by atoms with E-state index in [4.69, 9.17) is 0 Å². The highest BCUT2D eigenvalue weighted by atomic mass is 32.1. The molecule has 0 unspecified atom stereocenters. The normalized spacial score (nSPS) is 10.5. The predicted molar refractivity (Wildman–Crippen MR) is 45.0 cm³/mol. The molecule has 0 bridgehead atoms. The van der Waals surface area contributed by atoms with Gasteiger partial charge in [-0.15, -0.1) is 0 Å². The molecule has 0 aliphatic carbocycles. The number of aliphatic imine (C=N–C) groups is 1. The smallest absolute Gasteiger partial charge is 0.169 e. The first-order valence-corrected chi connectivity index (χ1v) is 3.26. The van der Waals surface area contributed by atoms with E-state index in [1.54, 1.807) is 6.33 Å². The van der Waals surface area contributed by atoms with E-state index in [0.717, 1.165) is 0 Å². The summed E-state index contributed by atoms with van der Waals surface area (Å²) in [4.78, 5) is 7.88. The molecule has 52 valence electrons. The van der Waals surface area contributed by atoms with Gasteiger partial charge in [0, 0.05) is 24.8 Å². The molecule has 0 saturated heterocycles. The van der Waals surface area contributed by atoms with Crippen molar-refractivity contribution in [2.45, 2.75) is 0 Å². The topological polar surface area (TPSA) is 30.2 Å². The Balaban J connectivity index is 2.75. The summed E-state index contributed by atoms with van der Waals surface area (Å²) in [7, 11) is 1.89. The highest BCUT2D eigenvalue weighted by molar-refractivity contribution is 7.80. The summed E-state index contributed by atoms with van der Waals surface area (Å²) in [6.45, 7) is 0. The maximum atomic E-state index is 4.55. The molecule has 0 aliphatic rings. The van der Waals surface area contributed by atoms with Crippen molar-refractivity contribution in [3.8, 4) is 0 Å². The summed E-state index contributed by atoms with van der Waals surface area (Å²) in [5.74, 6) is 0.684. The maximum absolute atomic E-state index is 4.55. The molecule has 4 heteroatoms. The number of thiocarbonyl (C=S) groups is 1. The van der Waals surface area contributed by atoms with Crippen molar-refractivity contribution in [1.82, 2.24) is 9.55 Å². The second kappa shape index (κ2) is 3.22. The van der Waals surface area contributed by atoms with E-state index in [2.05, 4.69) is 22.2 Å². The van der Waals surface area contributed by atoms with Crippen LogP contribution in [-0.2, 0) is 7.05 Å². The number of aromatic nitrogens is 2. The second-order valence-electron chi connectivity index (χ2n) is 1.81. The predicted octanol–water partition coefficient (Wildman–Crippen LogP) is 1.12. The zero-order valence-corrected chi connectivity index (χ0v) is 6.38. The number of hydrogen-bond donors (Lipinski definition) is 0. The van der Waals surface area contributed by atoms with E-state index < -0.39 is 0 Å². The van der Waals surface area contributed by atoms with Crippen molar-refractivity contribution in [1.29, 1.82) is 0 Å². The van der Waals surface area contributed by atoms with Crippen LogP contribution in [0, 0.1) is 0 Å². The lowest BCUT2D eigenvalue weighted by atomic mass is 10.7. The fourth-order valence-electron chi connectivity index (χ4n) is 0.572. The molecular formula is C6H7N3S. The lowest BCUT2D eigenvalue weighted by Gasteiger charge is -1.79. The van der Waals surface area contributed by atoms with Crippen molar-refractivity contribution < 1.29 is 0 Å². The molecule has 1 aromatic heterocycles. The standard InChI is InChI=1S/C6H7N3S/c1-9-4-6(8-5-9)7-2-3-10/h2-5H,1H3/b7-2+. The summed E-state index contributed by atoms with van der Waals surface area (Å²) in [6.07, 6.45) is 5.04. The Bertz CT molecular complexity index is 251. The number of hydrogen-bond acceptors (Lipinski definition) is 3. The molecule has 10 heavy (non-hydrogen) atoms. The first-order valence-electron chi connectivity index (χ1n) is 2.78. The summed E-state index contributed by atoms with van der Waals surface area (Å²) in [5, 5.41) is 1.45. The van der Waals surface area contributed by atoms with Crippen molar-refractivity contribution in [3.05, 3.63) is 12.5 Å². The number of aryl methyl sites for hydroxylation is 1. The van der Waals surface area contributed by atoms with E-state index in [9.17, 15) is 0 Å². The van der Waals surface area contributed by atoms with Gasteiger partial charge in [-0.05, 0) is 0 Å². The third-order valence-electron chi connectivity index (χ3n) is 0.959. The molecule has 0 aliphatic heterocycles.